The predicted molar refractivity (Wildman–Crippen MR) is 127 cm³/mol. The van der Waals surface area contributed by atoms with Crippen molar-refractivity contribution in [3.8, 4) is 11.4 Å². The molecule has 1 fully saturated rings. The molecule has 4 aromatic rings. The van der Waals surface area contributed by atoms with Gasteiger partial charge >= 0.3 is 12.4 Å². The zero-order chi connectivity index (χ0) is 26.9. The largest absolute Gasteiger partial charge is 0.418 e. The van der Waals surface area contributed by atoms with Gasteiger partial charge in [0.1, 0.15) is 22.7 Å². The van der Waals surface area contributed by atoms with E-state index in [2.05, 4.69) is 35.5 Å². The first-order chi connectivity index (χ1) is 18.1. The average molecular weight is 534 g/mol. The Hall–Kier alpha value is -4.10. The highest BCUT2D eigenvalue weighted by atomic mass is 19.4. The molecule has 0 atom stereocenters. The maximum atomic E-state index is 14.0. The molecule has 1 N–H and O–H groups in total. The summed E-state index contributed by atoms with van der Waals surface area (Å²) in [4.78, 5) is 18.1. The minimum absolute atomic E-state index is 0.00549. The van der Waals surface area contributed by atoms with E-state index in [1.54, 1.807) is 4.90 Å². The molecule has 0 radical (unpaired) electrons. The van der Waals surface area contributed by atoms with Crippen LogP contribution in [0.4, 0.5) is 43.7 Å². The lowest BCUT2D eigenvalue weighted by Gasteiger charge is -2.22. The third-order valence-electron chi connectivity index (χ3n) is 6.06. The van der Waals surface area contributed by atoms with E-state index in [4.69, 9.17) is 0 Å². The smallest absolute Gasteiger partial charge is 0.355 e. The number of aromatic nitrogens is 6. The van der Waals surface area contributed by atoms with E-state index < -0.39 is 29.2 Å². The van der Waals surface area contributed by atoms with Crippen LogP contribution in [0, 0.1) is 0 Å². The highest BCUT2D eigenvalue weighted by molar-refractivity contribution is 5.87. The van der Waals surface area contributed by atoms with Crippen LogP contribution >= 0.6 is 0 Å². The Morgan fingerprint density at radius 1 is 0.789 bits per heavy atom. The molecule has 0 spiro atoms. The molecule has 5 heterocycles. The molecular weight excluding hydrogens is 514 g/mol. The van der Waals surface area contributed by atoms with Gasteiger partial charge in [0, 0.05) is 25.5 Å². The first kappa shape index (κ1) is 25.5. The van der Waals surface area contributed by atoms with Crippen LogP contribution in [0.5, 0.6) is 0 Å². The number of hydrogen-bond acceptors (Lipinski definition) is 8. The molecule has 14 heteroatoms. The normalized spacial score (nSPS) is 14.9. The van der Waals surface area contributed by atoms with Gasteiger partial charge in [-0.05, 0) is 37.1 Å². The number of alkyl halides is 6. The molecule has 1 aliphatic heterocycles. The fraction of sp³-hybridized carbons (Fsp3) is 0.333. The van der Waals surface area contributed by atoms with Gasteiger partial charge in [-0.3, -0.25) is 0 Å². The van der Waals surface area contributed by atoms with Gasteiger partial charge in [-0.15, -0.1) is 10.2 Å². The van der Waals surface area contributed by atoms with E-state index in [9.17, 15) is 26.3 Å². The zero-order valence-electron chi connectivity index (χ0n) is 19.7. The summed E-state index contributed by atoms with van der Waals surface area (Å²) in [7, 11) is 0. The molecule has 38 heavy (non-hydrogen) atoms. The van der Waals surface area contributed by atoms with Crippen molar-refractivity contribution in [1.29, 1.82) is 0 Å². The minimum Gasteiger partial charge on any atom is -0.355 e. The lowest BCUT2D eigenvalue weighted by Crippen LogP contribution is -2.26. The van der Waals surface area contributed by atoms with Gasteiger partial charge in [0.25, 0.3) is 0 Å². The Bertz CT molecular complexity index is 1430. The summed E-state index contributed by atoms with van der Waals surface area (Å²) in [6, 6.07) is 4.50. The van der Waals surface area contributed by atoms with Crippen molar-refractivity contribution in [3.05, 3.63) is 54.0 Å². The topological polar surface area (TPSA) is 92.6 Å². The molecule has 0 bridgehead atoms. The quantitative estimate of drug-likeness (QED) is 0.317. The lowest BCUT2D eigenvalue weighted by molar-refractivity contribution is -0.138. The van der Waals surface area contributed by atoms with Gasteiger partial charge in [-0.1, -0.05) is 12.8 Å². The van der Waals surface area contributed by atoms with Gasteiger partial charge < -0.3 is 10.2 Å². The molecule has 0 aliphatic carbocycles. The fourth-order valence-electron chi connectivity index (χ4n) is 4.15. The number of pyridine rings is 2. The monoisotopic (exact) mass is 534 g/mol. The predicted octanol–water partition coefficient (Wildman–Crippen LogP) is 6.04. The van der Waals surface area contributed by atoms with Crippen LogP contribution in [-0.4, -0.2) is 43.2 Å². The van der Waals surface area contributed by atoms with Crippen molar-refractivity contribution in [2.24, 2.45) is 0 Å². The van der Waals surface area contributed by atoms with Crippen molar-refractivity contribution >= 4 is 28.5 Å². The summed E-state index contributed by atoms with van der Waals surface area (Å²) in [5, 5.41) is 10.8. The van der Waals surface area contributed by atoms with Crippen LogP contribution in [0.25, 0.3) is 22.6 Å². The van der Waals surface area contributed by atoms with Crippen LogP contribution in [-0.2, 0) is 12.4 Å². The second-order valence-corrected chi connectivity index (χ2v) is 8.70. The molecule has 1 aliphatic rings. The summed E-state index contributed by atoms with van der Waals surface area (Å²) in [5.41, 5.74) is -2.04. The fourth-order valence-corrected chi connectivity index (χ4v) is 4.15. The second kappa shape index (κ2) is 9.99. The van der Waals surface area contributed by atoms with Crippen molar-refractivity contribution < 1.29 is 26.3 Å². The van der Waals surface area contributed by atoms with Crippen LogP contribution < -0.4 is 10.2 Å². The van der Waals surface area contributed by atoms with Crippen molar-refractivity contribution in [2.45, 2.75) is 38.0 Å². The number of halogens is 6. The van der Waals surface area contributed by atoms with E-state index >= 15 is 0 Å². The zero-order valence-corrected chi connectivity index (χ0v) is 19.7. The molecule has 0 saturated carbocycles. The Kier molecular flexibility index (Phi) is 6.71. The van der Waals surface area contributed by atoms with E-state index in [0.29, 0.717) is 25.0 Å². The summed E-state index contributed by atoms with van der Waals surface area (Å²) >= 11 is 0. The number of hydrogen-bond donors (Lipinski definition) is 1. The van der Waals surface area contributed by atoms with Crippen molar-refractivity contribution in [1.82, 2.24) is 30.1 Å². The molecule has 0 amide bonds. The maximum Gasteiger partial charge on any atom is 0.418 e. The number of rotatable bonds is 4. The summed E-state index contributed by atoms with van der Waals surface area (Å²) in [5.74, 6) is 0.260. The summed E-state index contributed by atoms with van der Waals surface area (Å²) in [6.07, 6.45) is -2.34. The van der Waals surface area contributed by atoms with Gasteiger partial charge in [0.2, 0.25) is 0 Å². The van der Waals surface area contributed by atoms with Crippen LogP contribution in [0.1, 0.15) is 36.8 Å². The first-order valence-electron chi connectivity index (χ1n) is 11.7. The Morgan fingerprint density at radius 3 is 2.21 bits per heavy atom. The molecule has 5 rings (SSSR count). The Morgan fingerprint density at radius 2 is 1.55 bits per heavy atom. The number of fused-ring (bicyclic) bond motifs is 1. The lowest BCUT2D eigenvalue weighted by atomic mass is 10.1. The summed E-state index contributed by atoms with van der Waals surface area (Å²) < 4.78 is 80.5. The standard InChI is InChI=1S/C24H20F6N8/c25-23(26,27)14-5-6-18(32-12-14)34-16-7-8-31-22-21(16)33-13-17(35-22)20-15(24(28,29)30)11-19(36-37-20)38-9-3-1-2-4-10-38/h5-8,11-13H,1-4,9-10H2,(H,31,32,34,35). The average Bonchev–Trinajstić information content (AvgIpc) is 3.17. The molecule has 0 aromatic carbocycles. The number of nitrogens with zero attached hydrogens (tertiary/aromatic N) is 7. The van der Waals surface area contributed by atoms with E-state index in [1.807, 2.05) is 0 Å². The van der Waals surface area contributed by atoms with E-state index in [-0.39, 0.29) is 28.5 Å². The van der Waals surface area contributed by atoms with Crippen LogP contribution in [0.15, 0.2) is 42.9 Å². The second-order valence-electron chi connectivity index (χ2n) is 8.70. The number of nitrogens with one attached hydrogen (secondary N) is 1. The molecule has 8 nitrogen and oxygen atoms in total. The minimum atomic E-state index is -4.71. The Balaban J connectivity index is 1.48. The third-order valence-corrected chi connectivity index (χ3v) is 6.06. The molecule has 0 unspecified atom stereocenters. The van der Waals surface area contributed by atoms with Crippen LogP contribution in [0.2, 0.25) is 0 Å². The first-order valence-corrected chi connectivity index (χ1v) is 11.7. The van der Waals surface area contributed by atoms with Crippen molar-refractivity contribution in [2.75, 3.05) is 23.3 Å². The van der Waals surface area contributed by atoms with Crippen LogP contribution in [0.3, 0.4) is 0 Å². The Labute approximate surface area is 212 Å². The van der Waals surface area contributed by atoms with Crippen molar-refractivity contribution in [3.63, 3.8) is 0 Å². The van der Waals surface area contributed by atoms with Gasteiger partial charge in [0.05, 0.1) is 23.0 Å². The van der Waals surface area contributed by atoms with E-state index in [0.717, 1.165) is 50.1 Å². The van der Waals surface area contributed by atoms with Gasteiger partial charge in [-0.25, -0.2) is 19.9 Å². The molecule has 1 saturated heterocycles. The van der Waals surface area contributed by atoms with Gasteiger partial charge in [-0.2, -0.15) is 26.3 Å². The molecule has 4 aromatic heterocycles. The maximum absolute atomic E-state index is 14.0. The summed E-state index contributed by atoms with van der Waals surface area (Å²) in [6.45, 7) is 1.21. The highest BCUT2D eigenvalue weighted by Crippen LogP contribution is 2.37. The molecular formula is C24H20F6N8. The molecule has 198 valence electrons. The van der Waals surface area contributed by atoms with E-state index in [1.165, 1.54) is 12.3 Å². The van der Waals surface area contributed by atoms with Gasteiger partial charge in [0.15, 0.2) is 11.5 Å². The highest BCUT2D eigenvalue weighted by Gasteiger charge is 2.37. The number of anilines is 3. The SMILES string of the molecule is FC(F)(F)c1ccc(Nc2ccnc3nc(-c4nnc(N5CCCCCC5)cc4C(F)(F)F)cnc23)nc1. The third kappa shape index (κ3) is 5.43.